The number of nitrogens with two attached hydrogens (primary N) is 1. The third kappa shape index (κ3) is 6.53. The first-order valence-electron chi connectivity index (χ1n) is 8.76. The van der Waals surface area contributed by atoms with Crippen LogP contribution in [0.4, 0.5) is 0 Å². The summed E-state index contributed by atoms with van der Waals surface area (Å²) in [5.74, 6) is 0.519. The van der Waals surface area contributed by atoms with Gasteiger partial charge in [-0.15, -0.1) is 35.3 Å². The highest BCUT2D eigenvalue weighted by Crippen LogP contribution is 2.22. The molecule has 1 fully saturated rings. The van der Waals surface area contributed by atoms with Gasteiger partial charge in [0.15, 0.2) is 5.96 Å². The van der Waals surface area contributed by atoms with Crippen molar-refractivity contribution in [3.05, 3.63) is 58.3 Å². The molecule has 7 heteroatoms. The second-order valence-electron chi connectivity index (χ2n) is 6.06. The van der Waals surface area contributed by atoms with E-state index >= 15 is 0 Å². The SMILES string of the molecule is I.NC(=NCC(c1ccccc1)N1CCOCC1)NCCc1cccs1. The number of guanidine groups is 1. The summed E-state index contributed by atoms with van der Waals surface area (Å²) in [5, 5.41) is 5.32. The first kappa shape index (κ1) is 21.1. The normalized spacial score (nSPS) is 16.7. The van der Waals surface area contributed by atoms with Crippen LogP contribution in [-0.4, -0.2) is 50.3 Å². The summed E-state index contributed by atoms with van der Waals surface area (Å²) in [6, 6.07) is 15.0. The average Bonchev–Trinajstić information content (AvgIpc) is 3.17. The van der Waals surface area contributed by atoms with Crippen LogP contribution >= 0.6 is 35.3 Å². The standard InChI is InChI=1S/C19H26N4OS.HI/c20-19(21-9-8-17-7-4-14-25-17)22-15-18(16-5-2-1-3-6-16)23-10-12-24-13-11-23;/h1-7,14,18H,8-13,15H2,(H3,20,21,22);1H. The minimum atomic E-state index is 0. The van der Waals surface area contributed by atoms with Crippen LogP contribution in [0.5, 0.6) is 0 Å². The summed E-state index contributed by atoms with van der Waals surface area (Å²) in [4.78, 5) is 8.39. The Balaban J connectivity index is 0.00000243. The van der Waals surface area contributed by atoms with E-state index in [-0.39, 0.29) is 30.0 Å². The van der Waals surface area contributed by atoms with E-state index in [9.17, 15) is 0 Å². The lowest BCUT2D eigenvalue weighted by Gasteiger charge is -2.34. The molecule has 2 heterocycles. The lowest BCUT2D eigenvalue weighted by molar-refractivity contribution is 0.0180. The van der Waals surface area contributed by atoms with Gasteiger partial charge in [0, 0.05) is 24.5 Å². The van der Waals surface area contributed by atoms with E-state index in [1.807, 2.05) is 6.07 Å². The van der Waals surface area contributed by atoms with Crippen LogP contribution in [0.15, 0.2) is 52.8 Å². The van der Waals surface area contributed by atoms with Crippen molar-refractivity contribution in [1.29, 1.82) is 0 Å². The molecule has 1 aromatic carbocycles. The fourth-order valence-electron chi connectivity index (χ4n) is 3.01. The van der Waals surface area contributed by atoms with Gasteiger partial charge in [0.05, 0.1) is 25.8 Å². The van der Waals surface area contributed by atoms with Gasteiger partial charge in [-0.2, -0.15) is 0 Å². The predicted molar refractivity (Wildman–Crippen MR) is 120 cm³/mol. The Hall–Kier alpha value is -1.16. The molecule has 0 aliphatic carbocycles. The van der Waals surface area contributed by atoms with Crippen molar-refractivity contribution in [2.45, 2.75) is 12.5 Å². The molecule has 3 N–H and O–H groups in total. The van der Waals surface area contributed by atoms with Gasteiger partial charge in [0.2, 0.25) is 0 Å². The summed E-state index contributed by atoms with van der Waals surface area (Å²) >= 11 is 1.77. The van der Waals surface area contributed by atoms with Crippen LogP contribution in [0.3, 0.4) is 0 Å². The van der Waals surface area contributed by atoms with Crippen molar-refractivity contribution in [2.75, 3.05) is 39.4 Å². The largest absolute Gasteiger partial charge is 0.379 e. The van der Waals surface area contributed by atoms with Crippen LogP contribution in [-0.2, 0) is 11.2 Å². The number of nitrogens with one attached hydrogen (secondary N) is 1. The predicted octanol–water partition coefficient (Wildman–Crippen LogP) is 2.89. The van der Waals surface area contributed by atoms with Gasteiger partial charge in [0.25, 0.3) is 0 Å². The minimum Gasteiger partial charge on any atom is -0.379 e. The molecule has 1 aliphatic heterocycles. The van der Waals surface area contributed by atoms with Gasteiger partial charge in [0.1, 0.15) is 0 Å². The molecule has 1 unspecified atom stereocenters. The summed E-state index contributed by atoms with van der Waals surface area (Å²) in [6.45, 7) is 4.88. The lowest BCUT2D eigenvalue weighted by atomic mass is 10.1. The molecule has 5 nitrogen and oxygen atoms in total. The van der Waals surface area contributed by atoms with E-state index in [0.717, 1.165) is 39.3 Å². The molecule has 3 rings (SSSR count). The molecule has 1 aliphatic rings. The number of nitrogens with zero attached hydrogens (tertiary/aromatic N) is 2. The van der Waals surface area contributed by atoms with Gasteiger partial charge in [-0.05, 0) is 23.4 Å². The molecule has 1 aromatic heterocycles. The number of benzene rings is 1. The van der Waals surface area contributed by atoms with Crippen LogP contribution in [0.2, 0.25) is 0 Å². The highest BCUT2D eigenvalue weighted by Gasteiger charge is 2.22. The zero-order valence-corrected chi connectivity index (χ0v) is 18.0. The zero-order chi connectivity index (χ0) is 17.3. The molecule has 0 radical (unpaired) electrons. The van der Waals surface area contributed by atoms with Gasteiger partial charge in [-0.3, -0.25) is 9.89 Å². The fourth-order valence-corrected chi connectivity index (χ4v) is 3.71. The van der Waals surface area contributed by atoms with Crippen molar-refractivity contribution < 1.29 is 4.74 Å². The number of hydrogen-bond donors (Lipinski definition) is 2. The van der Waals surface area contributed by atoms with E-state index in [0.29, 0.717) is 12.5 Å². The first-order chi connectivity index (χ1) is 12.3. The van der Waals surface area contributed by atoms with E-state index in [1.54, 1.807) is 11.3 Å². The topological polar surface area (TPSA) is 62.9 Å². The summed E-state index contributed by atoms with van der Waals surface area (Å²) in [7, 11) is 0. The number of ether oxygens (including phenoxy) is 1. The van der Waals surface area contributed by atoms with Crippen molar-refractivity contribution in [1.82, 2.24) is 10.2 Å². The maximum atomic E-state index is 6.07. The van der Waals surface area contributed by atoms with E-state index < -0.39 is 0 Å². The van der Waals surface area contributed by atoms with Crippen LogP contribution in [0.1, 0.15) is 16.5 Å². The Kier molecular flexibility index (Phi) is 9.38. The monoisotopic (exact) mass is 486 g/mol. The summed E-state index contributed by atoms with van der Waals surface area (Å²) in [6.07, 6.45) is 0.972. The lowest BCUT2D eigenvalue weighted by Crippen LogP contribution is -2.41. The van der Waals surface area contributed by atoms with Crippen molar-refractivity contribution in [2.24, 2.45) is 10.7 Å². The van der Waals surface area contributed by atoms with E-state index in [4.69, 9.17) is 10.5 Å². The molecule has 2 aromatic rings. The minimum absolute atomic E-state index is 0. The highest BCUT2D eigenvalue weighted by atomic mass is 127. The zero-order valence-electron chi connectivity index (χ0n) is 14.8. The number of aliphatic imine (C=N–C) groups is 1. The van der Waals surface area contributed by atoms with Gasteiger partial charge in [-0.1, -0.05) is 36.4 Å². The Morgan fingerprint density at radius 2 is 1.96 bits per heavy atom. The van der Waals surface area contributed by atoms with E-state index in [2.05, 4.69) is 57.0 Å². The van der Waals surface area contributed by atoms with Gasteiger partial charge < -0.3 is 15.8 Å². The average molecular weight is 486 g/mol. The smallest absolute Gasteiger partial charge is 0.188 e. The summed E-state index contributed by atoms with van der Waals surface area (Å²) in [5.41, 5.74) is 7.35. The molecule has 26 heavy (non-hydrogen) atoms. The Labute approximate surface area is 176 Å². The quantitative estimate of drug-likeness (QED) is 0.359. The highest BCUT2D eigenvalue weighted by molar-refractivity contribution is 14.0. The van der Waals surface area contributed by atoms with E-state index in [1.165, 1.54) is 10.4 Å². The first-order valence-corrected chi connectivity index (χ1v) is 9.64. The number of halogens is 1. The molecule has 142 valence electrons. The van der Waals surface area contributed by atoms with Crippen molar-refractivity contribution in [3.63, 3.8) is 0 Å². The molecular weight excluding hydrogens is 459 g/mol. The Morgan fingerprint density at radius 3 is 2.65 bits per heavy atom. The van der Waals surface area contributed by atoms with Gasteiger partial charge in [-0.25, -0.2) is 0 Å². The van der Waals surface area contributed by atoms with Crippen molar-refractivity contribution in [3.8, 4) is 0 Å². The number of hydrogen-bond acceptors (Lipinski definition) is 4. The Bertz CT molecular complexity index is 645. The number of morpholine rings is 1. The van der Waals surface area contributed by atoms with Gasteiger partial charge >= 0.3 is 0 Å². The molecular formula is C19H27IN4OS. The Morgan fingerprint density at radius 1 is 1.19 bits per heavy atom. The van der Waals surface area contributed by atoms with Crippen LogP contribution in [0.25, 0.3) is 0 Å². The molecule has 0 amide bonds. The third-order valence-electron chi connectivity index (χ3n) is 4.36. The van der Waals surface area contributed by atoms with Crippen LogP contribution < -0.4 is 11.1 Å². The molecule has 0 spiro atoms. The maximum absolute atomic E-state index is 6.07. The molecule has 0 saturated carbocycles. The van der Waals surface area contributed by atoms with Crippen LogP contribution in [0, 0.1) is 0 Å². The van der Waals surface area contributed by atoms with Crippen molar-refractivity contribution >= 4 is 41.3 Å². The number of thiophene rings is 1. The molecule has 1 atom stereocenters. The summed E-state index contributed by atoms with van der Waals surface area (Å²) < 4.78 is 5.49. The third-order valence-corrected chi connectivity index (χ3v) is 5.30. The molecule has 1 saturated heterocycles. The fraction of sp³-hybridized carbons (Fsp3) is 0.421. The second kappa shape index (κ2) is 11.5. The second-order valence-corrected chi connectivity index (χ2v) is 7.09. The maximum Gasteiger partial charge on any atom is 0.188 e. The molecule has 0 bridgehead atoms. The number of rotatable bonds is 7.